The van der Waals surface area contributed by atoms with E-state index in [0.717, 1.165) is 39.4 Å². The van der Waals surface area contributed by atoms with Crippen LogP contribution in [0.4, 0.5) is 0 Å². The van der Waals surface area contributed by atoms with E-state index >= 15 is 0 Å². The molecule has 3 N–H and O–H groups in total. The summed E-state index contributed by atoms with van der Waals surface area (Å²) in [6, 6.07) is 0.387. The van der Waals surface area contributed by atoms with Crippen LogP contribution in [0.1, 0.15) is 13.8 Å². The first-order valence-electron chi connectivity index (χ1n) is 8.27. The number of ether oxygens (including phenoxy) is 2. The maximum Gasteiger partial charge on any atom is 0.241 e. The number of guanidine groups is 1. The molecule has 0 saturated carbocycles. The van der Waals surface area contributed by atoms with Crippen LogP contribution >= 0.6 is 0 Å². The minimum atomic E-state index is -0.111. The van der Waals surface area contributed by atoms with Gasteiger partial charge in [-0.1, -0.05) is 0 Å². The van der Waals surface area contributed by atoms with E-state index in [1.54, 1.807) is 7.11 Å². The van der Waals surface area contributed by atoms with Gasteiger partial charge in [0.15, 0.2) is 5.96 Å². The SMILES string of the molecule is CCNC(=NCC(=O)NCCOC)NCC(C)N1CCOCC1. The summed E-state index contributed by atoms with van der Waals surface area (Å²) >= 11 is 0. The molecule has 1 amide bonds. The molecule has 1 saturated heterocycles. The summed E-state index contributed by atoms with van der Waals surface area (Å²) in [6.07, 6.45) is 0. The topological polar surface area (TPSA) is 87.2 Å². The van der Waals surface area contributed by atoms with Crippen molar-refractivity contribution < 1.29 is 14.3 Å². The monoisotopic (exact) mass is 329 g/mol. The quantitative estimate of drug-likeness (QED) is 0.286. The molecule has 1 aliphatic rings. The average Bonchev–Trinajstić information content (AvgIpc) is 2.58. The molecule has 0 aliphatic carbocycles. The summed E-state index contributed by atoms with van der Waals surface area (Å²) in [7, 11) is 1.60. The number of amides is 1. The molecule has 1 fully saturated rings. The highest BCUT2D eigenvalue weighted by molar-refractivity contribution is 5.84. The predicted molar refractivity (Wildman–Crippen MR) is 90.7 cm³/mol. The van der Waals surface area contributed by atoms with Gasteiger partial charge in [0, 0.05) is 45.9 Å². The standard InChI is InChI=1S/C15H31N5O3/c1-4-16-15(19-12-14(21)17-5-8-22-3)18-11-13(2)20-6-9-23-10-7-20/h13H,4-12H2,1-3H3,(H,17,21)(H2,16,18,19). The zero-order chi connectivity index (χ0) is 16.9. The number of carbonyl (C=O) groups is 1. The zero-order valence-corrected chi connectivity index (χ0v) is 14.6. The second-order valence-corrected chi connectivity index (χ2v) is 5.42. The molecule has 0 spiro atoms. The van der Waals surface area contributed by atoms with Crippen LogP contribution in [0.5, 0.6) is 0 Å². The molecule has 1 unspecified atom stereocenters. The summed E-state index contributed by atoms with van der Waals surface area (Å²) in [4.78, 5) is 18.4. The minimum absolute atomic E-state index is 0.102. The minimum Gasteiger partial charge on any atom is -0.383 e. The van der Waals surface area contributed by atoms with Crippen molar-refractivity contribution in [3.8, 4) is 0 Å². The summed E-state index contributed by atoms with van der Waals surface area (Å²) < 4.78 is 10.3. The van der Waals surface area contributed by atoms with Crippen LogP contribution in [0.25, 0.3) is 0 Å². The van der Waals surface area contributed by atoms with Crippen molar-refractivity contribution >= 4 is 11.9 Å². The number of hydrogen-bond donors (Lipinski definition) is 3. The van der Waals surface area contributed by atoms with E-state index in [9.17, 15) is 4.79 Å². The smallest absolute Gasteiger partial charge is 0.241 e. The van der Waals surface area contributed by atoms with Crippen molar-refractivity contribution in [2.45, 2.75) is 19.9 Å². The van der Waals surface area contributed by atoms with Crippen LogP contribution in [0.15, 0.2) is 4.99 Å². The Morgan fingerprint density at radius 2 is 2.04 bits per heavy atom. The fraction of sp³-hybridized carbons (Fsp3) is 0.867. The molecule has 1 rings (SSSR count). The van der Waals surface area contributed by atoms with Gasteiger partial charge in [-0.15, -0.1) is 0 Å². The van der Waals surface area contributed by atoms with Gasteiger partial charge in [0.2, 0.25) is 5.91 Å². The molecule has 0 aromatic rings. The maximum atomic E-state index is 11.7. The van der Waals surface area contributed by atoms with Gasteiger partial charge in [0.1, 0.15) is 6.54 Å². The third-order valence-corrected chi connectivity index (χ3v) is 3.59. The molecule has 0 bridgehead atoms. The lowest BCUT2D eigenvalue weighted by Gasteiger charge is -2.32. The molecule has 23 heavy (non-hydrogen) atoms. The van der Waals surface area contributed by atoms with Gasteiger partial charge in [0.25, 0.3) is 0 Å². The number of nitrogens with zero attached hydrogens (tertiary/aromatic N) is 2. The summed E-state index contributed by atoms with van der Waals surface area (Å²) in [5.41, 5.74) is 0. The Hall–Kier alpha value is -1.38. The highest BCUT2D eigenvalue weighted by Gasteiger charge is 2.17. The molecule has 134 valence electrons. The lowest BCUT2D eigenvalue weighted by Crippen LogP contribution is -2.49. The van der Waals surface area contributed by atoms with E-state index in [1.807, 2.05) is 6.92 Å². The molecule has 0 radical (unpaired) electrons. The molecule has 1 heterocycles. The average molecular weight is 329 g/mol. The van der Waals surface area contributed by atoms with Gasteiger partial charge in [-0.25, -0.2) is 4.99 Å². The van der Waals surface area contributed by atoms with Crippen molar-refractivity contribution in [1.82, 2.24) is 20.9 Å². The Morgan fingerprint density at radius 1 is 1.30 bits per heavy atom. The molecular weight excluding hydrogens is 298 g/mol. The van der Waals surface area contributed by atoms with E-state index in [0.29, 0.717) is 25.2 Å². The third kappa shape index (κ3) is 8.73. The van der Waals surface area contributed by atoms with Gasteiger partial charge in [-0.3, -0.25) is 9.69 Å². The molecule has 0 aromatic carbocycles. The van der Waals surface area contributed by atoms with Gasteiger partial charge in [-0.2, -0.15) is 0 Å². The normalized spacial score (nSPS) is 17.6. The highest BCUT2D eigenvalue weighted by Crippen LogP contribution is 2.02. The molecule has 1 aliphatic heterocycles. The Bertz CT molecular complexity index is 359. The van der Waals surface area contributed by atoms with Crippen molar-refractivity contribution in [1.29, 1.82) is 0 Å². The van der Waals surface area contributed by atoms with Crippen LogP contribution in [0.3, 0.4) is 0 Å². The van der Waals surface area contributed by atoms with Crippen LogP contribution in [0, 0.1) is 0 Å². The van der Waals surface area contributed by atoms with E-state index in [1.165, 1.54) is 0 Å². The second kappa shape index (κ2) is 12.1. The van der Waals surface area contributed by atoms with Gasteiger partial charge in [-0.05, 0) is 13.8 Å². The Morgan fingerprint density at radius 3 is 2.70 bits per heavy atom. The molecule has 1 atom stereocenters. The maximum absolute atomic E-state index is 11.7. The third-order valence-electron chi connectivity index (χ3n) is 3.59. The fourth-order valence-corrected chi connectivity index (χ4v) is 2.23. The van der Waals surface area contributed by atoms with E-state index < -0.39 is 0 Å². The largest absolute Gasteiger partial charge is 0.383 e. The van der Waals surface area contributed by atoms with E-state index in [-0.39, 0.29) is 12.5 Å². The van der Waals surface area contributed by atoms with Crippen molar-refractivity contribution in [3.63, 3.8) is 0 Å². The number of hydrogen-bond acceptors (Lipinski definition) is 5. The number of aliphatic imine (C=N–C) groups is 1. The zero-order valence-electron chi connectivity index (χ0n) is 14.6. The van der Waals surface area contributed by atoms with Crippen LogP contribution in [-0.4, -0.2) is 89.0 Å². The van der Waals surface area contributed by atoms with E-state index in [4.69, 9.17) is 9.47 Å². The Balaban J connectivity index is 2.34. The summed E-state index contributed by atoms with van der Waals surface area (Å²) in [6.45, 7) is 10.3. The number of carbonyl (C=O) groups excluding carboxylic acids is 1. The number of methoxy groups -OCH3 is 1. The second-order valence-electron chi connectivity index (χ2n) is 5.42. The Kier molecular flexibility index (Phi) is 10.3. The van der Waals surface area contributed by atoms with Crippen LogP contribution in [-0.2, 0) is 14.3 Å². The van der Waals surface area contributed by atoms with Gasteiger partial charge >= 0.3 is 0 Å². The molecule has 8 heteroatoms. The number of nitrogens with one attached hydrogen (secondary N) is 3. The molecule has 0 aromatic heterocycles. The van der Waals surface area contributed by atoms with Crippen molar-refractivity contribution in [3.05, 3.63) is 0 Å². The fourth-order valence-electron chi connectivity index (χ4n) is 2.23. The predicted octanol–water partition coefficient (Wildman–Crippen LogP) is -0.975. The highest BCUT2D eigenvalue weighted by atomic mass is 16.5. The van der Waals surface area contributed by atoms with Crippen LogP contribution < -0.4 is 16.0 Å². The lowest BCUT2D eigenvalue weighted by atomic mass is 10.2. The first-order chi connectivity index (χ1) is 11.2. The van der Waals surface area contributed by atoms with E-state index in [2.05, 4.69) is 32.8 Å². The number of rotatable bonds is 9. The number of morpholine rings is 1. The lowest BCUT2D eigenvalue weighted by molar-refractivity contribution is -0.119. The Labute approximate surface area is 139 Å². The first kappa shape index (κ1) is 19.7. The molecule has 8 nitrogen and oxygen atoms in total. The summed E-state index contributed by atoms with van der Waals surface area (Å²) in [5, 5.41) is 9.20. The van der Waals surface area contributed by atoms with Crippen molar-refractivity contribution in [2.24, 2.45) is 4.99 Å². The molecular formula is C15H31N5O3. The van der Waals surface area contributed by atoms with Crippen molar-refractivity contribution in [2.75, 3.05) is 66.2 Å². The van der Waals surface area contributed by atoms with Gasteiger partial charge in [0.05, 0.1) is 19.8 Å². The summed E-state index contributed by atoms with van der Waals surface area (Å²) in [5.74, 6) is 0.551. The van der Waals surface area contributed by atoms with Crippen LogP contribution in [0.2, 0.25) is 0 Å². The first-order valence-corrected chi connectivity index (χ1v) is 8.27. The van der Waals surface area contributed by atoms with Gasteiger partial charge < -0.3 is 25.4 Å².